The minimum absolute atomic E-state index is 0.0818. The maximum absolute atomic E-state index is 12.6. The molecule has 1 N–H and O–H groups in total. The molecular formula is C16H21ClN2O. The van der Waals surface area contributed by atoms with E-state index in [9.17, 15) is 4.79 Å². The number of nitrogens with zero attached hydrogens (tertiary/aromatic N) is 1. The summed E-state index contributed by atoms with van der Waals surface area (Å²) in [5.74, 6) is 0.677. The van der Waals surface area contributed by atoms with Crippen molar-refractivity contribution in [2.75, 3.05) is 19.6 Å². The molecule has 2 saturated heterocycles. The largest absolute Gasteiger partial charge is 0.338 e. The second kappa shape index (κ2) is 6.15. The monoisotopic (exact) mass is 292 g/mol. The summed E-state index contributed by atoms with van der Waals surface area (Å²) in [4.78, 5) is 14.6. The normalized spacial score (nSPS) is 26.8. The van der Waals surface area contributed by atoms with E-state index >= 15 is 0 Å². The van der Waals surface area contributed by atoms with Crippen LogP contribution in [0.25, 0.3) is 0 Å². The van der Waals surface area contributed by atoms with Crippen LogP contribution in [0.2, 0.25) is 5.02 Å². The lowest BCUT2D eigenvalue weighted by Crippen LogP contribution is -2.45. The van der Waals surface area contributed by atoms with Crippen LogP contribution >= 0.6 is 11.6 Å². The standard InChI is InChI=1S/C16H21ClN2O/c17-14-7-2-1-6-13(14)16(20)19-10-4-5-12(11-19)15-8-3-9-18-15/h1-2,6-7,12,15,18H,3-5,8-11H2. The third-order valence-electron chi connectivity index (χ3n) is 4.52. The molecular weight excluding hydrogens is 272 g/mol. The fourth-order valence-electron chi connectivity index (χ4n) is 3.44. The minimum atomic E-state index is 0.0818. The van der Waals surface area contributed by atoms with Crippen molar-refractivity contribution in [2.24, 2.45) is 5.92 Å². The van der Waals surface area contributed by atoms with Gasteiger partial charge in [-0.15, -0.1) is 0 Å². The second-order valence-electron chi connectivity index (χ2n) is 5.84. The molecule has 108 valence electrons. The first-order valence-electron chi connectivity index (χ1n) is 7.53. The van der Waals surface area contributed by atoms with Gasteiger partial charge >= 0.3 is 0 Å². The number of carbonyl (C=O) groups is 1. The van der Waals surface area contributed by atoms with Crippen LogP contribution in [0.4, 0.5) is 0 Å². The van der Waals surface area contributed by atoms with Gasteiger partial charge in [-0.2, -0.15) is 0 Å². The van der Waals surface area contributed by atoms with Crippen LogP contribution in [0.15, 0.2) is 24.3 Å². The second-order valence-corrected chi connectivity index (χ2v) is 6.24. The van der Waals surface area contributed by atoms with Crippen LogP contribution in [0, 0.1) is 5.92 Å². The smallest absolute Gasteiger partial charge is 0.255 e. The van der Waals surface area contributed by atoms with Gasteiger partial charge in [0.1, 0.15) is 0 Å². The van der Waals surface area contributed by atoms with Crippen molar-refractivity contribution in [3.05, 3.63) is 34.9 Å². The maximum Gasteiger partial charge on any atom is 0.255 e. The van der Waals surface area contributed by atoms with Gasteiger partial charge in [-0.1, -0.05) is 23.7 Å². The number of hydrogen-bond acceptors (Lipinski definition) is 2. The van der Waals surface area contributed by atoms with Gasteiger partial charge in [0.25, 0.3) is 5.91 Å². The average Bonchev–Trinajstić information content (AvgIpc) is 3.01. The molecule has 1 amide bonds. The van der Waals surface area contributed by atoms with E-state index in [0.717, 1.165) is 26.1 Å². The van der Waals surface area contributed by atoms with Gasteiger partial charge in [0.05, 0.1) is 10.6 Å². The van der Waals surface area contributed by atoms with Crippen LogP contribution in [0.5, 0.6) is 0 Å². The lowest BCUT2D eigenvalue weighted by molar-refractivity contribution is 0.0651. The molecule has 2 unspecified atom stereocenters. The Hall–Kier alpha value is -1.06. The first kappa shape index (κ1) is 13.9. The molecule has 3 rings (SSSR count). The molecule has 2 aliphatic heterocycles. The summed E-state index contributed by atoms with van der Waals surface area (Å²) < 4.78 is 0. The number of halogens is 1. The van der Waals surface area contributed by atoms with E-state index < -0.39 is 0 Å². The highest BCUT2D eigenvalue weighted by Crippen LogP contribution is 2.26. The summed E-state index contributed by atoms with van der Waals surface area (Å²) >= 11 is 6.14. The van der Waals surface area contributed by atoms with Crippen molar-refractivity contribution >= 4 is 17.5 Å². The molecule has 1 aromatic carbocycles. The Morgan fingerprint density at radius 1 is 1.25 bits per heavy atom. The van der Waals surface area contributed by atoms with Crippen molar-refractivity contribution < 1.29 is 4.79 Å². The number of nitrogens with one attached hydrogen (secondary N) is 1. The zero-order valence-electron chi connectivity index (χ0n) is 11.6. The molecule has 4 heteroatoms. The predicted octanol–water partition coefficient (Wildman–Crippen LogP) is 2.94. The summed E-state index contributed by atoms with van der Waals surface area (Å²) in [7, 11) is 0. The maximum atomic E-state index is 12.6. The molecule has 3 nitrogen and oxygen atoms in total. The highest BCUT2D eigenvalue weighted by atomic mass is 35.5. The SMILES string of the molecule is O=C(c1ccccc1Cl)N1CCCC(C2CCCN2)C1. The van der Waals surface area contributed by atoms with Crippen LogP contribution in [0.3, 0.4) is 0 Å². The molecule has 0 saturated carbocycles. The first-order chi connectivity index (χ1) is 9.75. The van der Waals surface area contributed by atoms with Gasteiger partial charge < -0.3 is 10.2 Å². The van der Waals surface area contributed by atoms with Crippen molar-refractivity contribution in [1.82, 2.24) is 10.2 Å². The number of likely N-dealkylation sites (tertiary alicyclic amines) is 1. The van der Waals surface area contributed by atoms with Gasteiger partial charge in [-0.05, 0) is 50.3 Å². The Kier molecular flexibility index (Phi) is 4.27. The van der Waals surface area contributed by atoms with E-state index in [-0.39, 0.29) is 5.91 Å². The van der Waals surface area contributed by atoms with E-state index in [2.05, 4.69) is 5.32 Å². The molecule has 2 aliphatic rings. The molecule has 0 spiro atoms. The van der Waals surface area contributed by atoms with Crippen molar-refractivity contribution in [2.45, 2.75) is 31.7 Å². The Balaban J connectivity index is 1.70. The Bertz CT molecular complexity index is 485. The average molecular weight is 293 g/mol. The molecule has 0 bridgehead atoms. The summed E-state index contributed by atoms with van der Waals surface area (Å²) in [5.41, 5.74) is 0.634. The molecule has 2 fully saturated rings. The fraction of sp³-hybridized carbons (Fsp3) is 0.562. The lowest BCUT2D eigenvalue weighted by Gasteiger charge is -2.36. The first-order valence-corrected chi connectivity index (χ1v) is 7.90. The van der Waals surface area contributed by atoms with Gasteiger partial charge in [0.15, 0.2) is 0 Å². The van der Waals surface area contributed by atoms with E-state index in [1.165, 1.54) is 19.3 Å². The number of carbonyl (C=O) groups excluding carboxylic acids is 1. The van der Waals surface area contributed by atoms with Crippen LogP contribution in [-0.2, 0) is 0 Å². The fourth-order valence-corrected chi connectivity index (χ4v) is 3.66. The molecule has 20 heavy (non-hydrogen) atoms. The molecule has 1 aromatic rings. The zero-order chi connectivity index (χ0) is 13.9. The van der Waals surface area contributed by atoms with Crippen molar-refractivity contribution in [3.63, 3.8) is 0 Å². The Labute approximate surface area is 125 Å². The Morgan fingerprint density at radius 3 is 2.85 bits per heavy atom. The van der Waals surface area contributed by atoms with E-state index in [1.54, 1.807) is 6.07 Å². The molecule has 2 heterocycles. The molecule has 0 radical (unpaired) electrons. The minimum Gasteiger partial charge on any atom is -0.338 e. The summed E-state index contributed by atoms with van der Waals surface area (Å²) in [6.45, 7) is 2.84. The number of piperidine rings is 1. The summed E-state index contributed by atoms with van der Waals surface area (Å²) in [6.07, 6.45) is 4.83. The third kappa shape index (κ3) is 2.84. The van der Waals surface area contributed by atoms with E-state index in [1.807, 2.05) is 23.1 Å². The lowest BCUT2D eigenvalue weighted by atomic mass is 9.89. The van der Waals surface area contributed by atoms with Gasteiger partial charge in [-0.25, -0.2) is 0 Å². The number of hydrogen-bond donors (Lipinski definition) is 1. The highest BCUT2D eigenvalue weighted by molar-refractivity contribution is 6.33. The van der Waals surface area contributed by atoms with E-state index in [0.29, 0.717) is 22.5 Å². The molecule has 2 atom stereocenters. The number of amides is 1. The molecule has 0 aliphatic carbocycles. The number of rotatable bonds is 2. The summed E-state index contributed by atoms with van der Waals surface area (Å²) in [6, 6.07) is 7.94. The third-order valence-corrected chi connectivity index (χ3v) is 4.85. The van der Waals surface area contributed by atoms with Gasteiger partial charge in [0, 0.05) is 19.1 Å². The topological polar surface area (TPSA) is 32.3 Å². The predicted molar refractivity (Wildman–Crippen MR) is 81.1 cm³/mol. The zero-order valence-corrected chi connectivity index (χ0v) is 12.4. The molecule has 0 aromatic heterocycles. The van der Waals surface area contributed by atoms with Crippen LogP contribution in [-0.4, -0.2) is 36.5 Å². The summed E-state index contributed by atoms with van der Waals surface area (Å²) in [5, 5.41) is 4.13. The number of benzene rings is 1. The highest BCUT2D eigenvalue weighted by Gasteiger charge is 2.31. The quantitative estimate of drug-likeness (QED) is 0.909. The van der Waals surface area contributed by atoms with Crippen LogP contribution < -0.4 is 5.32 Å². The van der Waals surface area contributed by atoms with E-state index in [4.69, 9.17) is 11.6 Å². The Morgan fingerprint density at radius 2 is 2.10 bits per heavy atom. The van der Waals surface area contributed by atoms with Crippen LogP contribution in [0.1, 0.15) is 36.0 Å². The van der Waals surface area contributed by atoms with Gasteiger partial charge in [-0.3, -0.25) is 4.79 Å². The van der Waals surface area contributed by atoms with Crippen molar-refractivity contribution in [1.29, 1.82) is 0 Å². The van der Waals surface area contributed by atoms with Gasteiger partial charge in [0.2, 0.25) is 0 Å². The van der Waals surface area contributed by atoms with Crippen molar-refractivity contribution in [3.8, 4) is 0 Å².